The molecule has 1 saturated heterocycles. The van der Waals surface area contributed by atoms with Crippen LogP contribution in [0, 0.1) is 0 Å². The molecule has 0 unspecified atom stereocenters. The van der Waals surface area contributed by atoms with Gasteiger partial charge in [0.05, 0.1) is 0 Å². The first kappa shape index (κ1) is 14.8. The number of benzene rings is 1. The molecule has 1 aliphatic heterocycles. The number of likely N-dealkylation sites (tertiary alicyclic amines) is 1. The number of nitrogens with zero attached hydrogens (tertiary/aromatic N) is 1. The van der Waals surface area contributed by atoms with Crippen molar-refractivity contribution in [3.63, 3.8) is 0 Å². The molecule has 106 valence electrons. The number of rotatable bonds is 5. The van der Waals surface area contributed by atoms with Gasteiger partial charge in [0, 0.05) is 35.3 Å². The fourth-order valence-corrected chi connectivity index (χ4v) is 2.95. The quantitative estimate of drug-likeness (QED) is 0.874. The van der Waals surface area contributed by atoms with E-state index in [0.29, 0.717) is 12.1 Å². The van der Waals surface area contributed by atoms with Gasteiger partial charge in [0.1, 0.15) is 0 Å². The van der Waals surface area contributed by atoms with Crippen molar-refractivity contribution < 1.29 is 0 Å². The molecule has 0 bridgehead atoms. The van der Waals surface area contributed by atoms with Crippen LogP contribution in [-0.4, -0.2) is 36.6 Å². The van der Waals surface area contributed by atoms with Crippen LogP contribution in [0.5, 0.6) is 0 Å². The van der Waals surface area contributed by atoms with E-state index in [9.17, 15) is 0 Å². The first-order valence-electron chi connectivity index (χ1n) is 7.15. The van der Waals surface area contributed by atoms with Gasteiger partial charge in [-0.1, -0.05) is 15.9 Å². The molecule has 1 aromatic carbocycles. The Morgan fingerprint density at radius 2 is 1.95 bits per heavy atom. The van der Waals surface area contributed by atoms with Gasteiger partial charge in [0.15, 0.2) is 0 Å². The Bertz CT molecular complexity index is 371. The van der Waals surface area contributed by atoms with E-state index in [2.05, 4.69) is 57.3 Å². The van der Waals surface area contributed by atoms with E-state index in [4.69, 9.17) is 5.73 Å². The predicted octanol–water partition coefficient (Wildman–Crippen LogP) is 3.06. The summed E-state index contributed by atoms with van der Waals surface area (Å²) in [6.45, 7) is 5.43. The molecule has 2 rings (SSSR count). The maximum atomic E-state index is 5.63. The third-order valence-corrected chi connectivity index (χ3v) is 4.48. The molecule has 3 N–H and O–H groups in total. The summed E-state index contributed by atoms with van der Waals surface area (Å²) in [6.07, 6.45) is 3.53. The number of nitrogens with one attached hydrogen (secondary N) is 1. The second-order valence-electron chi connectivity index (χ2n) is 5.39. The minimum atomic E-state index is 0.600. The number of nitrogens with two attached hydrogens (primary N) is 1. The molecule has 0 radical (unpaired) electrons. The minimum absolute atomic E-state index is 0.600. The van der Waals surface area contributed by atoms with Crippen molar-refractivity contribution in [1.82, 2.24) is 4.90 Å². The summed E-state index contributed by atoms with van der Waals surface area (Å²) in [4.78, 5) is 2.56. The maximum Gasteiger partial charge on any atom is 0.0343 e. The lowest BCUT2D eigenvalue weighted by Crippen LogP contribution is -2.44. The van der Waals surface area contributed by atoms with Gasteiger partial charge < -0.3 is 16.0 Å². The molecular formula is C15H24BrN3. The molecule has 0 aliphatic carbocycles. The summed E-state index contributed by atoms with van der Waals surface area (Å²) in [5, 5.41) is 3.63. The first-order valence-corrected chi connectivity index (χ1v) is 7.94. The van der Waals surface area contributed by atoms with Crippen LogP contribution in [0.1, 0.15) is 26.2 Å². The molecule has 0 saturated carbocycles. The zero-order valence-corrected chi connectivity index (χ0v) is 13.2. The molecule has 1 heterocycles. The molecule has 1 fully saturated rings. The molecule has 19 heavy (non-hydrogen) atoms. The standard InChI is InChI=1S/C15H24BrN3/c1-12(6-9-17)19-10-7-15(8-11-19)18-14-4-2-13(16)3-5-14/h2-5,12,15,18H,6-11,17H2,1H3/t12-/m1/s1. The van der Waals surface area contributed by atoms with E-state index >= 15 is 0 Å². The van der Waals surface area contributed by atoms with E-state index < -0.39 is 0 Å². The van der Waals surface area contributed by atoms with Crippen molar-refractivity contribution in [1.29, 1.82) is 0 Å². The highest BCUT2D eigenvalue weighted by Crippen LogP contribution is 2.20. The lowest BCUT2D eigenvalue weighted by atomic mass is 10.0. The van der Waals surface area contributed by atoms with E-state index in [1.807, 2.05) is 0 Å². The lowest BCUT2D eigenvalue weighted by Gasteiger charge is -2.36. The van der Waals surface area contributed by atoms with E-state index in [0.717, 1.165) is 17.4 Å². The summed E-state index contributed by atoms with van der Waals surface area (Å²) in [7, 11) is 0. The Morgan fingerprint density at radius 3 is 2.53 bits per heavy atom. The molecule has 1 atom stereocenters. The van der Waals surface area contributed by atoms with Crippen LogP contribution in [0.2, 0.25) is 0 Å². The fraction of sp³-hybridized carbons (Fsp3) is 0.600. The second kappa shape index (κ2) is 7.27. The number of hydrogen-bond donors (Lipinski definition) is 2. The normalized spacial score (nSPS) is 19.3. The van der Waals surface area contributed by atoms with Gasteiger partial charge in [-0.25, -0.2) is 0 Å². The molecule has 3 nitrogen and oxygen atoms in total. The molecule has 1 aromatic rings. The summed E-state index contributed by atoms with van der Waals surface area (Å²) in [5.41, 5.74) is 6.85. The minimum Gasteiger partial charge on any atom is -0.382 e. The molecule has 0 spiro atoms. The highest BCUT2D eigenvalue weighted by atomic mass is 79.9. The second-order valence-corrected chi connectivity index (χ2v) is 6.30. The lowest BCUT2D eigenvalue weighted by molar-refractivity contribution is 0.161. The van der Waals surface area contributed by atoms with Crippen molar-refractivity contribution in [3.05, 3.63) is 28.7 Å². The van der Waals surface area contributed by atoms with Gasteiger partial charge in [0.2, 0.25) is 0 Å². The highest BCUT2D eigenvalue weighted by molar-refractivity contribution is 9.10. The highest BCUT2D eigenvalue weighted by Gasteiger charge is 2.22. The Morgan fingerprint density at radius 1 is 1.32 bits per heavy atom. The van der Waals surface area contributed by atoms with Gasteiger partial charge in [-0.3, -0.25) is 0 Å². The molecule has 4 heteroatoms. The Kier molecular flexibility index (Phi) is 5.67. The molecule has 1 aliphatic rings. The number of hydrogen-bond acceptors (Lipinski definition) is 3. The summed E-state index contributed by atoms with van der Waals surface area (Å²) < 4.78 is 1.13. The van der Waals surface area contributed by atoms with Crippen molar-refractivity contribution in [2.24, 2.45) is 5.73 Å². The fourth-order valence-electron chi connectivity index (χ4n) is 2.69. The number of anilines is 1. The van der Waals surface area contributed by atoms with Crippen LogP contribution in [0.3, 0.4) is 0 Å². The van der Waals surface area contributed by atoms with Gasteiger partial charge in [0.25, 0.3) is 0 Å². The van der Waals surface area contributed by atoms with Crippen molar-refractivity contribution in [2.75, 3.05) is 25.0 Å². The van der Waals surface area contributed by atoms with E-state index in [1.165, 1.54) is 31.6 Å². The van der Waals surface area contributed by atoms with Crippen LogP contribution in [0.25, 0.3) is 0 Å². The summed E-state index contributed by atoms with van der Waals surface area (Å²) in [5.74, 6) is 0. The van der Waals surface area contributed by atoms with Crippen LogP contribution in [0.15, 0.2) is 28.7 Å². The largest absolute Gasteiger partial charge is 0.382 e. The summed E-state index contributed by atoms with van der Waals surface area (Å²) >= 11 is 3.46. The predicted molar refractivity (Wildman–Crippen MR) is 85.5 cm³/mol. The van der Waals surface area contributed by atoms with Crippen LogP contribution < -0.4 is 11.1 Å². The Hall–Kier alpha value is -0.580. The van der Waals surface area contributed by atoms with E-state index in [1.54, 1.807) is 0 Å². The van der Waals surface area contributed by atoms with Crippen LogP contribution in [-0.2, 0) is 0 Å². The topological polar surface area (TPSA) is 41.3 Å². The van der Waals surface area contributed by atoms with Gasteiger partial charge >= 0.3 is 0 Å². The Labute approximate surface area is 124 Å². The number of halogens is 1. The van der Waals surface area contributed by atoms with Crippen molar-refractivity contribution >= 4 is 21.6 Å². The Balaban J connectivity index is 1.78. The van der Waals surface area contributed by atoms with Crippen molar-refractivity contribution in [2.45, 2.75) is 38.3 Å². The van der Waals surface area contributed by atoms with Crippen LogP contribution >= 0.6 is 15.9 Å². The number of piperidine rings is 1. The van der Waals surface area contributed by atoms with E-state index in [-0.39, 0.29) is 0 Å². The van der Waals surface area contributed by atoms with Crippen LogP contribution in [0.4, 0.5) is 5.69 Å². The zero-order chi connectivity index (χ0) is 13.7. The third kappa shape index (κ3) is 4.48. The monoisotopic (exact) mass is 325 g/mol. The smallest absolute Gasteiger partial charge is 0.0343 e. The maximum absolute atomic E-state index is 5.63. The van der Waals surface area contributed by atoms with Crippen molar-refractivity contribution in [3.8, 4) is 0 Å². The molecule has 0 amide bonds. The molecule has 0 aromatic heterocycles. The average molecular weight is 326 g/mol. The molecular weight excluding hydrogens is 302 g/mol. The zero-order valence-electron chi connectivity index (χ0n) is 11.6. The van der Waals surface area contributed by atoms with Gasteiger partial charge in [-0.15, -0.1) is 0 Å². The third-order valence-electron chi connectivity index (χ3n) is 3.95. The summed E-state index contributed by atoms with van der Waals surface area (Å²) in [6, 6.07) is 9.66. The van der Waals surface area contributed by atoms with Gasteiger partial charge in [-0.05, 0) is 57.0 Å². The average Bonchev–Trinajstić information content (AvgIpc) is 2.42. The SMILES string of the molecule is C[C@H](CCN)N1CCC(Nc2ccc(Br)cc2)CC1. The van der Waals surface area contributed by atoms with Gasteiger partial charge in [-0.2, -0.15) is 0 Å². The first-order chi connectivity index (χ1) is 9.19.